The lowest BCUT2D eigenvalue weighted by Crippen LogP contribution is -2.31. The van der Waals surface area contributed by atoms with Gasteiger partial charge >= 0.3 is 5.97 Å². The van der Waals surface area contributed by atoms with Crippen molar-refractivity contribution in [2.24, 2.45) is 0 Å². The summed E-state index contributed by atoms with van der Waals surface area (Å²) in [5, 5.41) is 0. The monoisotopic (exact) mass is 321 g/mol. The van der Waals surface area contributed by atoms with E-state index in [9.17, 15) is 9.59 Å². The molecule has 1 heterocycles. The summed E-state index contributed by atoms with van der Waals surface area (Å²) in [4.78, 5) is 26.5. The number of anilines is 1. The SMILES string of the molecule is CCOC(=O)c1ccc2c(c1)CC=CCN2C(=O)c1ccccc1. The molecule has 0 radical (unpaired) electrons. The number of carbonyl (C=O) groups excluding carboxylic acids is 2. The molecule has 0 saturated heterocycles. The quantitative estimate of drug-likeness (QED) is 0.641. The number of allylic oxidation sites excluding steroid dienone is 1. The zero-order valence-corrected chi connectivity index (χ0v) is 13.6. The molecule has 0 bridgehead atoms. The molecule has 24 heavy (non-hydrogen) atoms. The van der Waals surface area contributed by atoms with Gasteiger partial charge in [-0.05, 0) is 49.2 Å². The van der Waals surface area contributed by atoms with Gasteiger partial charge in [-0.15, -0.1) is 0 Å². The van der Waals surface area contributed by atoms with Crippen molar-refractivity contribution >= 4 is 17.6 Å². The van der Waals surface area contributed by atoms with Crippen molar-refractivity contribution in [2.75, 3.05) is 18.1 Å². The molecule has 1 amide bonds. The first kappa shape index (κ1) is 16.0. The molecule has 3 rings (SSSR count). The van der Waals surface area contributed by atoms with Crippen molar-refractivity contribution in [3.8, 4) is 0 Å². The molecular weight excluding hydrogens is 302 g/mol. The Morgan fingerprint density at radius 3 is 2.58 bits per heavy atom. The van der Waals surface area contributed by atoms with Crippen LogP contribution < -0.4 is 4.90 Å². The second-order valence-corrected chi connectivity index (χ2v) is 5.52. The highest BCUT2D eigenvalue weighted by Gasteiger charge is 2.21. The number of ether oxygens (including phenoxy) is 1. The number of hydrogen-bond donors (Lipinski definition) is 0. The number of esters is 1. The maximum absolute atomic E-state index is 12.8. The second kappa shape index (κ2) is 7.13. The minimum Gasteiger partial charge on any atom is -0.462 e. The fourth-order valence-electron chi connectivity index (χ4n) is 2.77. The summed E-state index contributed by atoms with van der Waals surface area (Å²) in [5.41, 5.74) is 2.94. The van der Waals surface area contributed by atoms with Crippen LogP contribution in [0, 0.1) is 0 Å². The van der Waals surface area contributed by atoms with Crippen molar-refractivity contribution in [1.82, 2.24) is 0 Å². The van der Waals surface area contributed by atoms with E-state index in [1.807, 2.05) is 54.6 Å². The van der Waals surface area contributed by atoms with E-state index in [0.29, 0.717) is 30.7 Å². The maximum atomic E-state index is 12.8. The van der Waals surface area contributed by atoms with E-state index in [0.717, 1.165) is 11.3 Å². The molecule has 0 fully saturated rings. The molecule has 2 aromatic carbocycles. The van der Waals surface area contributed by atoms with E-state index < -0.39 is 0 Å². The van der Waals surface area contributed by atoms with Crippen LogP contribution in [-0.2, 0) is 11.2 Å². The van der Waals surface area contributed by atoms with Crippen LogP contribution in [0.25, 0.3) is 0 Å². The van der Waals surface area contributed by atoms with Gasteiger partial charge in [-0.25, -0.2) is 4.79 Å². The Morgan fingerprint density at radius 2 is 1.83 bits per heavy atom. The maximum Gasteiger partial charge on any atom is 0.338 e. The van der Waals surface area contributed by atoms with Crippen LogP contribution in [-0.4, -0.2) is 25.0 Å². The summed E-state index contributed by atoms with van der Waals surface area (Å²) >= 11 is 0. The van der Waals surface area contributed by atoms with Crippen LogP contribution in [0.3, 0.4) is 0 Å². The van der Waals surface area contributed by atoms with Crippen LogP contribution in [0.2, 0.25) is 0 Å². The topological polar surface area (TPSA) is 46.6 Å². The van der Waals surface area contributed by atoms with Gasteiger partial charge in [0, 0.05) is 17.8 Å². The number of carbonyl (C=O) groups is 2. The van der Waals surface area contributed by atoms with Crippen molar-refractivity contribution in [1.29, 1.82) is 0 Å². The van der Waals surface area contributed by atoms with Crippen molar-refractivity contribution in [3.63, 3.8) is 0 Å². The summed E-state index contributed by atoms with van der Waals surface area (Å²) in [7, 11) is 0. The van der Waals surface area contributed by atoms with E-state index in [1.54, 1.807) is 17.9 Å². The predicted molar refractivity (Wildman–Crippen MR) is 93.4 cm³/mol. The van der Waals surface area contributed by atoms with E-state index in [4.69, 9.17) is 4.74 Å². The highest BCUT2D eigenvalue weighted by molar-refractivity contribution is 6.07. The minimum atomic E-state index is -0.338. The fourth-order valence-corrected chi connectivity index (χ4v) is 2.77. The van der Waals surface area contributed by atoms with Crippen LogP contribution >= 0.6 is 0 Å². The summed E-state index contributed by atoms with van der Waals surface area (Å²) in [5.74, 6) is -0.387. The van der Waals surface area contributed by atoms with Gasteiger partial charge in [-0.3, -0.25) is 4.79 Å². The fraction of sp³-hybridized carbons (Fsp3) is 0.200. The summed E-state index contributed by atoms with van der Waals surface area (Å²) < 4.78 is 5.06. The zero-order valence-electron chi connectivity index (χ0n) is 13.6. The van der Waals surface area contributed by atoms with Gasteiger partial charge in [-0.1, -0.05) is 30.4 Å². The number of rotatable bonds is 3. The number of amides is 1. The Morgan fingerprint density at radius 1 is 1.04 bits per heavy atom. The van der Waals surface area contributed by atoms with Gasteiger partial charge in [0.1, 0.15) is 0 Å². The van der Waals surface area contributed by atoms with Crippen molar-refractivity contribution in [2.45, 2.75) is 13.3 Å². The van der Waals surface area contributed by atoms with Crippen LogP contribution in [0.15, 0.2) is 60.7 Å². The van der Waals surface area contributed by atoms with Crippen molar-refractivity contribution < 1.29 is 14.3 Å². The summed E-state index contributed by atoms with van der Waals surface area (Å²) in [6, 6.07) is 14.6. The van der Waals surface area contributed by atoms with Gasteiger partial charge in [-0.2, -0.15) is 0 Å². The molecule has 0 aliphatic carbocycles. The third-order valence-electron chi connectivity index (χ3n) is 3.94. The average Bonchev–Trinajstić information content (AvgIpc) is 2.84. The largest absolute Gasteiger partial charge is 0.462 e. The number of fused-ring (bicyclic) bond motifs is 1. The zero-order chi connectivity index (χ0) is 16.9. The standard InChI is InChI=1S/C20H19NO3/c1-2-24-20(23)17-11-12-18-16(14-17)10-6-7-13-21(18)19(22)15-8-4-3-5-9-15/h3-9,11-12,14H,2,10,13H2,1H3. The second-order valence-electron chi connectivity index (χ2n) is 5.52. The normalized spacial score (nSPS) is 13.1. The number of benzene rings is 2. The summed E-state index contributed by atoms with van der Waals surface area (Å²) in [6.45, 7) is 2.64. The highest BCUT2D eigenvalue weighted by Crippen LogP contribution is 2.27. The Bertz CT molecular complexity index is 781. The number of nitrogens with zero attached hydrogens (tertiary/aromatic N) is 1. The van der Waals surface area contributed by atoms with E-state index in [2.05, 4.69) is 0 Å². The molecule has 0 atom stereocenters. The van der Waals surface area contributed by atoms with Gasteiger partial charge in [0.25, 0.3) is 5.91 Å². The third-order valence-corrected chi connectivity index (χ3v) is 3.94. The lowest BCUT2D eigenvalue weighted by molar-refractivity contribution is 0.0526. The Labute approximate surface area is 141 Å². The molecule has 4 nitrogen and oxygen atoms in total. The van der Waals surface area contributed by atoms with E-state index >= 15 is 0 Å². The molecule has 0 aromatic heterocycles. The highest BCUT2D eigenvalue weighted by atomic mass is 16.5. The first-order valence-corrected chi connectivity index (χ1v) is 8.02. The molecule has 1 aliphatic heterocycles. The molecule has 0 spiro atoms. The molecule has 4 heteroatoms. The Balaban J connectivity index is 1.96. The van der Waals surface area contributed by atoms with Gasteiger partial charge in [0.05, 0.1) is 12.2 Å². The Kier molecular flexibility index (Phi) is 4.75. The minimum absolute atomic E-state index is 0.0488. The molecule has 0 N–H and O–H groups in total. The van der Waals surface area contributed by atoms with Gasteiger partial charge in [0.15, 0.2) is 0 Å². The molecule has 1 aliphatic rings. The Hall–Kier alpha value is -2.88. The molecular formula is C20H19NO3. The third kappa shape index (κ3) is 3.23. The first-order valence-electron chi connectivity index (χ1n) is 8.02. The first-order chi connectivity index (χ1) is 11.7. The molecule has 2 aromatic rings. The van der Waals surface area contributed by atoms with Crippen LogP contribution in [0.5, 0.6) is 0 Å². The van der Waals surface area contributed by atoms with Crippen molar-refractivity contribution in [3.05, 3.63) is 77.4 Å². The molecule has 0 unspecified atom stereocenters. The van der Waals surface area contributed by atoms with E-state index in [-0.39, 0.29) is 11.9 Å². The van der Waals surface area contributed by atoms with Crippen LogP contribution in [0.4, 0.5) is 5.69 Å². The lowest BCUT2D eigenvalue weighted by Gasteiger charge is -2.23. The average molecular weight is 321 g/mol. The summed E-state index contributed by atoms with van der Waals surface area (Å²) in [6.07, 6.45) is 4.68. The number of hydrogen-bond acceptors (Lipinski definition) is 3. The van der Waals surface area contributed by atoms with Gasteiger partial charge < -0.3 is 9.64 Å². The lowest BCUT2D eigenvalue weighted by atomic mass is 10.0. The molecule has 122 valence electrons. The van der Waals surface area contributed by atoms with Gasteiger partial charge in [0.2, 0.25) is 0 Å². The van der Waals surface area contributed by atoms with Crippen LogP contribution in [0.1, 0.15) is 33.2 Å². The smallest absolute Gasteiger partial charge is 0.338 e. The molecule has 0 saturated carbocycles. The predicted octanol–water partition coefficient (Wildman–Crippen LogP) is 3.62. The van der Waals surface area contributed by atoms with E-state index in [1.165, 1.54) is 0 Å².